The number of hydrogen-bond donors (Lipinski definition) is 1. The summed E-state index contributed by atoms with van der Waals surface area (Å²) < 4.78 is 0. The van der Waals surface area contributed by atoms with Crippen LogP contribution < -0.4 is 5.32 Å². The maximum atomic E-state index is 6.26. The SMILES string of the molecule is CCNCC(CC)(CC)Cc1ccccc1Cl. The molecule has 0 radical (unpaired) electrons. The van der Waals surface area contributed by atoms with Gasteiger partial charge in [0.2, 0.25) is 0 Å². The van der Waals surface area contributed by atoms with Gasteiger partial charge in [-0.2, -0.15) is 0 Å². The molecule has 0 spiro atoms. The summed E-state index contributed by atoms with van der Waals surface area (Å²) in [6.07, 6.45) is 3.43. The van der Waals surface area contributed by atoms with E-state index in [1.54, 1.807) is 0 Å². The van der Waals surface area contributed by atoms with Gasteiger partial charge < -0.3 is 5.32 Å². The molecule has 17 heavy (non-hydrogen) atoms. The Labute approximate surface area is 111 Å². The molecule has 1 aromatic carbocycles. The van der Waals surface area contributed by atoms with Gasteiger partial charge in [0, 0.05) is 11.6 Å². The monoisotopic (exact) mass is 253 g/mol. The van der Waals surface area contributed by atoms with Gasteiger partial charge in [0.1, 0.15) is 0 Å². The summed E-state index contributed by atoms with van der Waals surface area (Å²) in [4.78, 5) is 0. The van der Waals surface area contributed by atoms with Crippen molar-refractivity contribution in [2.75, 3.05) is 13.1 Å². The molecule has 0 unspecified atom stereocenters. The van der Waals surface area contributed by atoms with Crippen molar-refractivity contribution in [3.8, 4) is 0 Å². The van der Waals surface area contributed by atoms with Crippen molar-refractivity contribution in [1.82, 2.24) is 5.32 Å². The fraction of sp³-hybridized carbons (Fsp3) is 0.600. The Morgan fingerprint density at radius 2 is 1.76 bits per heavy atom. The summed E-state index contributed by atoms with van der Waals surface area (Å²) in [5.74, 6) is 0. The summed E-state index contributed by atoms with van der Waals surface area (Å²) in [6.45, 7) is 8.81. The molecule has 0 bridgehead atoms. The average molecular weight is 254 g/mol. The van der Waals surface area contributed by atoms with Crippen LogP contribution in [0.15, 0.2) is 24.3 Å². The molecule has 0 aromatic heterocycles. The van der Waals surface area contributed by atoms with E-state index in [-0.39, 0.29) is 0 Å². The maximum Gasteiger partial charge on any atom is 0.0438 e. The molecule has 0 heterocycles. The number of rotatable bonds is 7. The fourth-order valence-electron chi connectivity index (χ4n) is 2.25. The zero-order valence-corrected chi connectivity index (χ0v) is 12.0. The van der Waals surface area contributed by atoms with Crippen LogP contribution in [0, 0.1) is 5.41 Å². The molecule has 1 N–H and O–H groups in total. The van der Waals surface area contributed by atoms with Crippen molar-refractivity contribution in [3.63, 3.8) is 0 Å². The third kappa shape index (κ3) is 4.01. The average Bonchev–Trinajstić information content (AvgIpc) is 2.37. The van der Waals surface area contributed by atoms with E-state index in [9.17, 15) is 0 Å². The Bertz CT molecular complexity index is 331. The Morgan fingerprint density at radius 3 is 2.29 bits per heavy atom. The van der Waals surface area contributed by atoms with Crippen LogP contribution in [0.4, 0.5) is 0 Å². The highest BCUT2D eigenvalue weighted by Gasteiger charge is 2.26. The van der Waals surface area contributed by atoms with Gasteiger partial charge >= 0.3 is 0 Å². The molecule has 1 rings (SSSR count). The van der Waals surface area contributed by atoms with E-state index in [1.807, 2.05) is 12.1 Å². The second kappa shape index (κ2) is 7.03. The minimum Gasteiger partial charge on any atom is -0.316 e. The molecule has 0 amide bonds. The van der Waals surface area contributed by atoms with Crippen LogP contribution in [0.3, 0.4) is 0 Å². The number of hydrogen-bond acceptors (Lipinski definition) is 1. The van der Waals surface area contributed by atoms with Crippen LogP contribution in [-0.2, 0) is 6.42 Å². The first-order valence-corrected chi connectivity index (χ1v) is 6.99. The van der Waals surface area contributed by atoms with E-state index in [1.165, 1.54) is 18.4 Å². The molecule has 0 aliphatic rings. The number of benzene rings is 1. The van der Waals surface area contributed by atoms with Crippen molar-refractivity contribution in [2.45, 2.75) is 40.0 Å². The van der Waals surface area contributed by atoms with Gasteiger partial charge in [-0.05, 0) is 42.9 Å². The highest BCUT2D eigenvalue weighted by molar-refractivity contribution is 6.31. The molecule has 1 aromatic rings. The third-order valence-electron chi connectivity index (χ3n) is 3.77. The van der Waals surface area contributed by atoms with Crippen molar-refractivity contribution >= 4 is 11.6 Å². The molecule has 1 nitrogen and oxygen atoms in total. The normalized spacial score (nSPS) is 11.8. The summed E-state index contributed by atoms with van der Waals surface area (Å²) in [7, 11) is 0. The predicted molar refractivity (Wildman–Crippen MR) is 76.7 cm³/mol. The van der Waals surface area contributed by atoms with Crippen LogP contribution in [0.2, 0.25) is 5.02 Å². The second-order valence-electron chi connectivity index (χ2n) is 4.76. The third-order valence-corrected chi connectivity index (χ3v) is 4.14. The first-order chi connectivity index (χ1) is 8.17. The van der Waals surface area contributed by atoms with Gasteiger partial charge in [-0.25, -0.2) is 0 Å². The van der Waals surface area contributed by atoms with Gasteiger partial charge in [-0.1, -0.05) is 50.6 Å². The van der Waals surface area contributed by atoms with Crippen LogP contribution in [0.25, 0.3) is 0 Å². The zero-order chi connectivity index (χ0) is 12.7. The van der Waals surface area contributed by atoms with Gasteiger partial charge in [0.25, 0.3) is 0 Å². The highest BCUT2D eigenvalue weighted by atomic mass is 35.5. The first-order valence-electron chi connectivity index (χ1n) is 6.61. The molecule has 0 aliphatic heterocycles. The Hall–Kier alpha value is -0.530. The van der Waals surface area contributed by atoms with E-state index in [0.29, 0.717) is 5.41 Å². The molecular formula is C15H24ClN. The lowest BCUT2D eigenvalue weighted by atomic mass is 9.77. The molecule has 0 atom stereocenters. The standard InChI is InChI=1S/C15H24ClN/c1-4-15(5-2,12-17-6-3)11-13-9-7-8-10-14(13)16/h7-10,17H,4-6,11-12H2,1-3H3. The van der Waals surface area contributed by atoms with Crippen LogP contribution >= 0.6 is 11.6 Å². The Balaban J connectivity index is 2.82. The van der Waals surface area contributed by atoms with Crippen LogP contribution in [-0.4, -0.2) is 13.1 Å². The second-order valence-corrected chi connectivity index (χ2v) is 5.16. The minimum atomic E-state index is 0.334. The van der Waals surface area contributed by atoms with E-state index in [4.69, 9.17) is 11.6 Å². The topological polar surface area (TPSA) is 12.0 Å². The van der Waals surface area contributed by atoms with Gasteiger partial charge in [0.05, 0.1) is 0 Å². The van der Waals surface area contributed by atoms with Crippen LogP contribution in [0.5, 0.6) is 0 Å². The van der Waals surface area contributed by atoms with Crippen molar-refractivity contribution in [3.05, 3.63) is 34.9 Å². The molecule has 0 aliphatic carbocycles. The summed E-state index contributed by atoms with van der Waals surface area (Å²) in [5, 5.41) is 4.39. The lowest BCUT2D eigenvalue weighted by molar-refractivity contribution is 0.248. The first kappa shape index (κ1) is 14.5. The fourth-order valence-corrected chi connectivity index (χ4v) is 2.45. The highest BCUT2D eigenvalue weighted by Crippen LogP contribution is 2.32. The van der Waals surface area contributed by atoms with Crippen molar-refractivity contribution in [2.24, 2.45) is 5.41 Å². The summed E-state index contributed by atoms with van der Waals surface area (Å²) >= 11 is 6.26. The molecular weight excluding hydrogens is 230 g/mol. The molecule has 2 heteroatoms. The lowest BCUT2D eigenvalue weighted by Crippen LogP contribution is -2.35. The maximum absolute atomic E-state index is 6.26. The van der Waals surface area contributed by atoms with E-state index in [2.05, 4.69) is 38.2 Å². The van der Waals surface area contributed by atoms with E-state index in [0.717, 1.165) is 24.5 Å². The molecule has 96 valence electrons. The number of halogens is 1. The van der Waals surface area contributed by atoms with E-state index >= 15 is 0 Å². The lowest BCUT2D eigenvalue weighted by Gasteiger charge is -2.32. The van der Waals surface area contributed by atoms with Crippen molar-refractivity contribution in [1.29, 1.82) is 0 Å². The largest absolute Gasteiger partial charge is 0.316 e. The van der Waals surface area contributed by atoms with E-state index < -0.39 is 0 Å². The van der Waals surface area contributed by atoms with Gasteiger partial charge in [-0.15, -0.1) is 0 Å². The van der Waals surface area contributed by atoms with Crippen LogP contribution in [0.1, 0.15) is 39.2 Å². The summed E-state index contributed by atoms with van der Waals surface area (Å²) in [6, 6.07) is 8.20. The zero-order valence-electron chi connectivity index (χ0n) is 11.2. The summed E-state index contributed by atoms with van der Waals surface area (Å²) in [5.41, 5.74) is 1.61. The Kier molecular flexibility index (Phi) is 6.01. The van der Waals surface area contributed by atoms with Gasteiger partial charge in [0.15, 0.2) is 0 Å². The van der Waals surface area contributed by atoms with Crippen molar-refractivity contribution < 1.29 is 0 Å². The predicted octanol–water partition coefficient (Wildman–Crippen LogP) is 4.30. The minimum absolute atomic E-state index is 0.334. The van der Waals surface area contributed by atoms with Gasteiger partial charge in [-0.3, -0.25) is 0 Å². The quantitative estimate of drug-likeness (QED) is 0.764. The molecule has 0 fully saturated rings. The molecule has 0 saturated carbocycles. The smallest absolute Gasteiger partial charge is 0.0438 e. The molecule has 0 saturated heterocycles. The number of nitrogens with one attached hydrogen (secondary N) is 1. The Morgan fingerprint density at radius 1 is 1.12 bits per heavy atom.